The Morgan fingerprint density at radius 3 is 2.50 bits per heavy atom. The van der Waals surface area contributed by atoms with Crippen LogP contribution in [0.3, 0.4) is 0 Å². The maximum atomic E-state index is 11.8. The van der Waals surface area contributed by atoms with Crippen molar-refractivity contribution >= 4 is 5.82 Å². The zero-order valence-electron chi connectivity index (χ0n) is 10.6. The smallest absolute Gasteiger partial charge is 0.328 e. The van der Waals surface area contributed by atoms with E-state index in [1.807, 2.05) is 13.8 Å². The highest BCUT2D eigenvalue weighted by atomic mass is 16.1. The molecular weight excluding hydrogens is 230 g/mol. The molecule has 2 aromatic heterocycles. The summed E-state index contributed by atoms with van der Waals surface area (Å²) in [6, 6.07) is 0. The lowest BCUT2D eigenvalue weighted by Gasteiger charge is -2.03. The Hall–Kier alpha value is -2.11. The van der Waals surface area contributed by atoms with Gasteiger partial charge in [0, 0.05) is 25.5 Å². The fourth-order valence-corrected chi connectivity index (χ4v) is 1.70. The fraction of sp³-hybridized carbons (Fsp3) is 0.417. The van der Waals surface area contributed by atoms with Gasteiger partial charge in [-0.25, -0.2) is 9.78 Å². The van der Waals surface area contributed by atoms with Crippen LogP contribution >= 0.6 is 0 Å². The molecule has 6 nitrogen and oxygen atoms in total. The minimum Gasteiger partial charge on any atom is -0.369 e. The van der Waals surface area contributed by atoms with Gasteiger partial charge in [-0.1, -0.05) is 0 Å². The molecule has 0 spiro atoms. The molecule has 2 rings (SSSR count). The van der Waals surface area contributed by atoms with E-state index in [0.717, 1.165) is 18.1 Å². The van der Waals surface area contributed by atoms with Gasteiger partial charge in [-0.3, -0.25) is 14.1 Å². The van der Waals surface area contributed by atoms with Crippen LogP contribution in [0, 0.1) is 0 Å². The van der Waals surface area contributed by atoms with Crippen LogP contribution in [0.1, 0.15) is 19.5 Å². The normalized spacial score (nSPS) is 10.6. The van der Waals surface area contributed by atoms with E-state index in [1.54, 1.807) is 33.9 Å². The molecule has 96 valence electrons. The van der Waals surface area contributed by atoms with Crippen LogP contribution in [0.15, 0.2) is 29.6 Å². The first-order valence-corrected chi connectivity index (χ1v) is 6.05. The zero-order chi connectivity index (χ0) is 13.0. The molecular formula is C12H17N5O. The summed E-state index contributed by atoms with van der Waals surface area (Å²) in [7, 11) is 0. The number of aromatic nitrogens is 4. The topological polar surface area (TPSA) is 64.7 Å². The second-order valence-corrected chi connectivity index (χ2v) is 3.92. The molecule has 0 atom stereocenters. The molecule has 1 N–H and O–H groups in total. The van der Waals surface area contributed by atoms with Crippen molar-refractivity contribution in [2.45, 2.75) is 26.9 Å². The van der Waals surface area contributed by atoms with E-state index in [0.29, 0.717) is 13.1 Å². The van der Waals surface area contributed by atoms with Crippen LogP contribution in [0.2, 0.25) is 0 Å². The first kappa shape index (κ1) is 12.3. The molecule has 0 aromatic carbocycles. The van der Waals surface area contributed by atoms with Crippen LogP contribution in [0.25, 0.3) is 0 Å². The fourth-order valence-electron chi connectivity index (χ4n) is 1.70. The lowest BCUT2D eigenvalue weighted by atomic mass is 10.4. The maximum absolute atomic E-state index is 11.8. The Bertz CT molecular complexity index is 555. The van der Waals surface area contributed by atoms with Crippen molar-refractivity contribution in [1.29, 1.82) is 0 Å². The molecule has 0 fully saturated rings. The second-order valence-electron chi connectivity index (χ2n) is 3.92. The molecule has 0 saturated carbocycles. The molecule has 18 heavy (non-hydrogen) atoms. The average Bonchev–Trinajstić information content (AvgIpc) is 2.73. The van der Waals surface area contributed by atoms with Gasteiger partial charge >= 0.3 is 5.69 Å². The standard InChI is InChI=1S/C12H17N5O/c1-3-13-11-8-14-10(7-15-11)9-17-6-5-16(4-2)12(17)18/h5-8H,3-4,9H2,1-2H3,(H,13,15). The zero-order valence-corrected chi connectivity index (χ0v) is 10.6. The number of hydrogen-bond acceptors (Lipinski definition) is 4. The van der Waals surface area contributed by atoms with Crippen molar-refractivity contribution < 1.29 is 0 Å². The molecule has 6 heteroatoms. The number of rotatable bonds is 5. The van der Waals surface area contributed by atoms with Crippen molar-refractivity contribution in [2.75, 3.05) is 11.9 Å². The van der Waals surface area contributed by atoms with Crippen molar-refractivity contribution in [1.82, 2.24) is 19.1 Å². The summed E-state index contributed by atoms with van der Waals surface area (Å²) in [6.45, 7) is 5.88. The summed E-state index contributed by atoms with van der Waals surface area (Å²) < 4.78 is 3.28. The van der Waals surface area contributed by atoms with Gasteiger partial charge < -0.3 is 5.32 Å². The summed E-state index contributed by atoms with van der Waals surface area (Å²) >= 11 is 0. The number of nitrogens with zero attached hydrogens (tertiary/aromatic N) is 4. The van der Waals surface area contributed by atoms with Gasteiger partial charge in [-0.15, -0.1) is 0 Å². The Kier molecular flexibility index (Phi) is 3.76. The highest BCUT2D eigenvalue weighted by Gasteiger charge is 2.03. The number of hydrogen-bond donors (Lipinski definition) is 1. The number of imidazole rings is 1. The van der Waals surface area contributed by atoms with E-state index in [2.05, 4.69) is 15.3 Å². The van der Waals surface area contributed by atoms with Crippen LogP contribution in [0.4, 0.5) is 5.82 Å². The van der Waals surface area contributed by atoms with Gasteiger partial charge in [0.15, 0.2) is 0 Å². The van der Waals surface area contributed by atoms with E-state index in [4.69, 9.17) is 0 Å². The minimum absolute atomic E-state index is 0.0185. The van der Waals surface area contributed by atoms with E-state index < -0.39 is 0 Å². The van der Waals surface area contributed by atoms with Gasteiger partial charge in [0.05, 0.1) is 24.6 Å². The van der Waals surface area contributed by atoms with Crippen LogP contribution < -0.4 is 11.0 Å². The third-order valence-electron chi connectivity index (χ3n) is 2.65. The third kappa shape index (κ3) is 2.58. The van der Waals surface area contributed by atoms with E-state index in [1.165, 1.54) is 0 Å². The van der Waals surface area contributed by atoms with Gasteiger partial charge in [-0.05, 0) is 13.8 Å². The first-order chi connectivity index (χ1) is 8.74. The quantitative estimate of drug-likeness (QED) is 0.854. The molecule has 0 saturated heterocycles. The molecule has 0 amide bonds. The summed E-state index contributed by atoms with van der Waals surface area (Å²) in [5, 5.41) is 3.08. The predicted molar refractivity (Wildman–Crippen MR) is 69.7 cm³/mol. The van der Waals surface area contributed by atoms with Gasteiger partial charge in [0.2, 0.25) is 0 Å². The van der Waals surface area contributed by atoms with E-state index in [-0.39, 0.29) is 5.69 Å². The molecule has 0 aliphatic carbocycles. The van der Waals surface area contributed by atoms with E-state index >= 15 is 0 Å². The van der Waals surface area contributed by atoms with Crippen molar-refractivity contribution in [3.8, 4) is 0 Å². The Morgan fingerprint density at radius 1 is 1.17 bits per heavy atom. The van der Waals surface area contributed by atoms with Crippen LogP contribution in [-0.4, -0.2) is 25.6 Å². The number of aryl methyl sites for hydroxylation is 1. The lowest BCUT2D eigenvalue weighted by Crippen LogP contribution is -2.24. The largest absolute Gasteiger partial charge is 0.369 e. The van der Waals surface area contributed by atoms with Crippen molar-refractivity contribution in [2.24, 2.45) is 0 Å². The minimum atomic E-state index is -0.0185. The van der Waals surface area contributed by atoms with Gasteiger partial charge in [-0.2, -0.15) is 0 Å². The monoisotopic (exact) mass is 247 g/mol. The molecule has 0 radical (unpaired) electrons. The third-order valence-corrected chi connectivity index (χ3v) is 2.65. The van der Waals surface area contributed by atoms with Crippen molar-refractivity contribution in [3.63, 3.8) is 0 Å². The van der Waals surface area contributed by atoms with Crippen LogP contribution in [-0.2, 0) is 13.1 Å². The summed E-state index contributed by atoms with van der Waals surface area (Å²) in [5.74, 6) is 0.750. The van der Waals surface area contributed by atoms with Gasteiger partial charge in [0.25, 0.3) is 0 Å². The predicted octanol–water partition coefficient (Wildman–Crippen LogP) is 0.940. The highest BCUT2D eigenvalue weighted by Crippen LogP contribution is 2.01. The lowest BCUT2D eigenvalue weighted by molar-refractivity contribution is 0.660. The molecule has 0 aliphatic rings. The van der Waals surface area contributed by atoms with Gasteiger partial charge in [0.1, 0.15) is 5.82 Å². The van der Waals surface area contributed by atoms with E-state index in [9.17, 15) is 4.79 Å². The highest BCUT2D eigenvalue weighted by molar-refractivity contribution is 5.30. The first-order valence-electron chi connectivity index (χ1n) is 6.05. The Balaban J connectivity index is 2.13. The average molecular weight is 247 g/mol. The SMILES string of the molecule is CCNc1cnc(Cn2ccn(CC)c2=O)cn1. The molecule has 0 unspecified atom stereocenters. The Labute approximate surface area is 105 Å². The second kappa shape index (κ2) is 5.48. The summed E-state index contributed by atoms with van der Waals surface area (Å²) in [5.41, 5.74) is 0.752. The van der Waals surface area contributed by atoms with Crippen molar-refractivity contribution in [3.05, 3.63) is 41.0 Å². The number of anilines is 1. The summed E-state index contributed by atoms with van der Waals surface area (Å²) in [4.78, 5) is 20.3. The molecule has 0 bridgehead atoms. The molecule has 2 aromatic rings. The summed E-state index contributed by atoms with van der Waals surface area (Å²) in [6.07, 6.45) is 6.92. The van der Waals surface area contributed by atoms with Crippen LogP contribution in [0.5, 0.6) is 0 Å². The molecule has 0 aliphatic heterocycles. The molecule has 2 heterocycles. The number of nitrogens with one attached hydrogen (secondary N) is 1. The maximum Gasteiger partial charge on any atom is 0.328 e. The Morgan fingerprint density at radius 2 is 1.94 bits per heavy atom.